The van der Waals surface area contributed by atoms with Crippen LogP contribution in [0.15, 0.2) is 18.2 Å². The number of hydrogen-bond acceptors (Lipinski definition) is 4. The Bertz CT molecular complexity index is 429. The van der Waals surface area contributed by atoms with E-state index < -0.39 is 6.09 Å². The first-order valence-electron chi connectivity index (χ1n) is 4.41. The van der Waals surface area contributed by atoms with Gasteiger partial charge in [0.05, 0.1) is 28.9 Å². The zero-order valence-corrected chi connectivity index (χ0v) is 8.99. The summed E-state index contributed by atoms with van der Waals surface area (Å²) >= 11 is 5.82. The number of rotatable bonds is 3. The topological polar surface area (TPSA) is 82.4 Å². The van der Waals surface area contributed by atoms with Crippen LogP contribution in [0.4, 0.5) is 10.5 Å². The molecular formula is C10H9ClN2O3. The Morgan fingerprint density at radius 2 is 2.38 bits per heavy atom. The molecule has 0 radical (unpaired) electrons. The molecule has 0 aromatic heterocycles. The van der Waals surface area contributed by atoms with Crippen molar-refractivity contribution in [2.75, 3.05) is 18.5 Å². The van der Waals surface area contributed by atoms with Gasteiger partial charge in [0.1, 0.15) is 6.61 Å². The van der Waals surface area contributed by atoms with Crippen molar-refractivity contribution < 1.29 is 14.6 Å². The zero-order valence-electron chi connectivity index (χ0n) is 8.24. The molecule has 0 saturated heterocycles. The third-order valence-electron chi connectivity index (χ3n) is 1.66. The van der Waals surface area contributed by atoms with Crippen molar-refractivity contribution in [3.63, 3.8) is 0 Å². The summed E-state index contributed by atoms with van der Waals surface area (Å²) in [6, 6.07) is 6.38. The van der Waals surface area contributed by atoms with Gasteiger partial charge in [-0.25, -0.2) is 4.79 Å². The number of amides is 1. The Morgan fingerprint density at radius 1 is 1.62 bits per heavy atom. The highest BCUT2D eigenvalue weighted by molar-refractivity contribution is 6.33. The van der Waals surface area contributed by atoms with Crippen molar-refractivity contribution in [1.29, 1.82) is 5.26 Å². The molecule has 1 aromatic carbocycles. The number of aliphatic hydroxyl groups is 1. The lowest BCUT2D eigenvalue weighted by Crippen LogP contribution is -2.16. The number of hydrogen-bond donors (Lipinski definition) is 2. The number of nitrogens with zero attached hydrogens (tertiary/aromatic N) is 1. The summed E-state index contributed by atoms with van der Waals surface area (Å²) in [5, 5.41) is 19.7. The normalized spacial score (nSPS) is 9.31. The van der Waals surface area contributed by atoms with Crippen molar-refractivity contribution >= 4 is 23.4 Å². The molecule has 0 unspecified atom stereocenters. The van der Waals surface area contributed by atoms with Gasteiger partial charge in [-0.05, 0) is 18.2 Å². The number of aliphatic hydroxyl groups excluding tert-OH is 1. The standard InChI is InChI=1S/C10H9ClN2O3/c11-8-5-7(6-12)1-2-9(8)13-10(15)16-4-3-14/h1-2,5,14H,3-4H2,(H,13,15). The largest absolute Gasteiger partial charge is 0.447 e. The van der Waals surface area contributed by atoms with E-state index >= 15 is 0 Å². The van der Waals surface area contributed by atoms with Crippen LogP contribution in [0.3, 0.4) is 0 Å². The molecule has 0 saturated carbocycles. The quantitative estimate of drug-likeness (QED) is 0.843. The highest BCUT2D eigenvalue weighted by Crippen LogP contribution is 2.22. The molecule has 1 aromatic rings. The third kappa shape index (κ3) is 3.42. The van der Waals surface area contributed by atoms with E-state index in [1.165, 1.54) is 18.2 Å². The Kier molecular flexibility index (Phi) is 4.58. The SMILES string of the molecule is N#Cc1ccc(NC(=O)OCCO)c(Cl)c1. The highest BCUT2D eigenvalue weighted by atomic mass is 35.5. The highest BCUT2D eigenvalue weighted by Gasteiger charge is 2.06. The summed E-state index contributed by atoms with van der Waals surface area (Å²) in [6.45, 7) is -0.325. The molecular weight excluding hydrogens is 232 g/mol. The van der Waals surface area contributed by atoms with E-state index in [1.807, 2.05) is 6.07 Å². The van der Waals surface area contributed by atoms with Gasteiger partial charge in [0.2, 0.25) is 0 Å². The zero-order chi connectivity index (χ0) is 12.0. The molecule has 5 nitrogen and oxygen atoms in total. The minimum atomic E-state index is -0.708. The lowest BCUT2D eigenvalue weighted by molar-refractivity contribution is 0.131. The number of anilines is 1. The maximum Gasteiger partial charge on any atom is 0.411 e. The van der Waals surface area contributed by atoms with Gasteiger partial charge in [-0.1, -0.05) is 11.6 Å². The fraction of sp³-hybridized carbons (Fsp3) is 0.200. The lowest BCUT2D eigenvalue weighted by atomic mass is 10.2. The first-order valence-corrected chi connectivity index (χ1v) is 4.79. The molecule has 0 bridgehead atoms. The summed E-state index contributed by atoms with van der Waals surface area (Å²) in [4.78, 5) is 11.1. The minimum Gasteiger partial charge on any atom is -0.447 e. The Hall–Kier alpha value is -1.77. The van der Waals surface area contributed by atoms with E-state index in [-0.39, 0.29) is 18.2 Å². The number of halogens is 1. The predicted octanol–water partition coefficient (Wildman–Crippen LogP) is 1.75. The van der Waals surface area contributed by atoms with Gasteiger partial charge in [-0.15, -0.1) is 0 Å². The van der Waals surface area contributed by atoms with E-state index in [2.05, 4.69) is 10.1 Å². The minimum absolute atomic E-state index is 0.0836. The average molecular weight is 241 g/mol. The van der Waals surface area contributed by atoms with E-state index in [4.69, 9.17) is 22.0 Å². The van der Waals surface area contributed by atoms with Crippen molar-refractivity contribution in [3.05, 3.63) is 28.8 Å². The molecule has 1 rings (SSSR count). The van der Waals surface area contributed by atoms with Crippen LogP contribution >= 0.6 is 11.6 Å². The molecule has 2 N–H and O–H groups in total. The second kappa shape index (κ2) is 5.95. The molecule has 1 amide bonds. The van der Waals surface area contributed by atoms with Gasteiger partial charge in [0.15, 0.2) is 0 Å². The molecule has 0 aliphatic heterocycles. The average Bonchev–Trinajstić information content (AvgIpc) is 2.29. The van der Waals surface area contributed by atoms with Gasteiger partial charge in [-0.3, -0.25) is 5.32 Å². The first-order chi connectivity index (χ1) is 7.67. The van der Waals surface area contributed by atoms with E-state index in [1.54, 1.807) is 0 Å². The van der Waals surface area contributed by atoms with Crippen LogP contribution in [-0.2, 0) is 4.74 Å². The van der Waals surface area contributed by atoms with Gasteiger partial charge >= 0.3 is 6.09 Å². The monoisotopic (exact) mass is 240 g/mol. The second-order valence-electron chi connectivity index (χ2n) is 2.79. The molecule has 0 spiro atoms. The van der Waals surface area contributed by atoms with Crippen LogP contribution in [0.25, 0.3) is 0 Å². The van der Waals surface area contributed by atoms with E-state index in [9.17, 15) is 4.79 Å². The summed E-state index contributed by atoms with van der Waals surface area (Å²) in [6.07, 6.45) is -0.708. The fourth-order valence-corrected chi connectivity index (χ4v) is 1.20. The molecule has 0 fully saturated rings. The first kappa shape index (κ1) is 12.3. The van der Waals surface area contributed by atoms with Gasteiger partial charge in [0, 0.05) is 0 Å². The summed E-state index contributed by atoms with van der Waals surface area (Å²) in [7, 11) is 0. The maximum atomic E-state index is 11.1. The number of benzene rings is 1. The van der Waals surface area contributed by atoms with Crippen LogP contribution in [0.5, 0.6) is 0 Å². The van der Waals surface area contributed by atoms with Crippen LogP contribution in [0.2, 0.25) is 5.02 Å². The smallest absolute Gasteiger partial charge is 0.411 e. The molecule has 16 heavy (non-hydrogen) atoms. The van der Waals surface area contributed by atoms with Crippen LogP contribution in [-0.4, -0.2) is 24.4 Å². The van der Waals surface area contributed by atoms with Gasteiger partial charge in [-0.2, -0.15) is 5.26 Å². The van der Waals surface area contributed by atoms with Crippen LogP contribution in [0, 0.1) is 11.3 Å². The van der Waals surface area contributed by atoms with E-state index in [0.717, 1.165) is 0 Å². The molecule has 0 heterocycles. The number of ether oxygens (including phenoxy) is 1. The van der Waals surface area contributed by atoms with Crippen molar-refractivity contribution in [3.8, 4) is 6.07 Å². The molecule has 6 heteroatoms. The third-order valence-corrected chi connectivity index (χ3v) is 1.97. The number of nitrogens with one attached hydrogen (secondary N) is 1. The number of carbonyl (C=O) groups excluding carboxylic acids is 1. The molecule has 84 valence electrons. The molecule has 0 aliphatic rings. The summed E-state index contributed by atoms with van der Waals surface area (Å²) < 4.78 is 4.58. The van der Waals surface area contributed by atoms with Crippen molar-refractivity contribution in [2.45, 2.75) is 0 Å². The Labute approximate surface area is 97.2 Å². The predicted molar refractivity (Wildman–Crippen MR) is 58.2 cm³/mol. The van der Waals surface area contributed by atoms with Crippen LogP contribution < -0.4 is 5.32 Å². The number of nitriles is 1. The maximum absolute atomic E-state index is 11.1. The summed E-state index contributed by atoms with van der Waals surface area (Å²) in [5.74, 6) is 0. The summed E-state index contributed by atoms with van der Waals surface area (Å²) in [5.41, 5.74) is 0.753. The lowest BCUT2D eigenvalue weighted by Gasteiger charge is -2.07. The second-order valence-corrected chi connectivity index (χ2v) is 3.20. The Balaban J connectivity index is 2.68. The van der Waals surface area contributed by atoms with Crippen LogP contribution in [0.1, 0.15) is 5.56 Å². The van der Waals surface area contributed by atoms with Gasteiger partial charge in [0.25, 0.3) is 0 Å². The molecule has 0 aliphatic carbocycles. The van der Waals surface area contributed by atoms with Crippen molar-refractivity contribution in [2.24, 2.45) is 0 Å². The van der Waals surface area contributed by atoms with Crippen molar-refractivity contribution in [1.82, 2.24) is 0 Å². The van der Waals surface area contributed by atoms with Gasteiger partial charge < -0.3 is 9.84 Å². The number of carbonyl (C=O) groups is 1. The van der Waals surface area contributed by atoms with E-state index in [0.29, 0.717) is 11.3 Å². The Morgan fingerprint density at radius 3 is 2.94 bits per heavy atom. The fourth-order valence-electron chi connectivity index (χ4n) is 0.970. The molecule has 0 atom stereocenters.